The van der Waals surface area contributed by atoms with Gasteiger partial charge in [-0.3, -0.25) is 4.79 Å². The standard InChI is InChI=1S/C14H16ClN3O2/c1-20-9-4-5-10-12(7-9)18(13(8-15)17-10)11-3-2-6-16-14(11)19/h4-5,7,11H,2-3,6,8H2,1H3,(H,16,19). The van der Waals surface area contributed by atoms with Gasteiger partial charge in [0.05, 0.1) is 24.0 Å². The number of carbonyl (C=O) groups excluding carboxylic acids is 1. The number of piperidine rings is 1. The van der Waals surface area contributed by atoms with Crippen molar-refractivity contribution in [2.75, 3.05) is 13.7 Å². The summed E-state index contributed by atoms with van der Waals surface area (Å²) in [5.74, 6) is 1.78. The number of nitrogens with zero attached hydrogens (tertiary/aromatic N) is 2. The summed E-state index contributed by atoms with van der Waals surface area (Å²) in [6, 6.07) is 5.41. The summed E-state index contributed by atoms with van der Waals surface area (Å²) in [6.45, 7) is 0.738. The van der Waals surface area contributed by atoms with E-state index >= 15 is 0 Å². The van der Waals surface area contributed by atoms with Gasteiger partial charge in [0, 0.05) is 12.6 Å². The molecule has 1 aliphatic heterocycles. The molecule has 1 fully saturated rings. The number of alkyl halides is 1. The van der Waals surface area contributed by atoms with Crippen LogP contribution in [0.5, 0.6) is 5.75 Å². The van der Waals surface area contributed by atoms with Gasteiger partial charge in [-0.05, 0) is 25.0 Å². The van der Waals surface area contributed by atoms with Crippen molar-refractivity contribution in [1.29, 1.82) is 0 Å². The fraction of sp³-hybridized carbons (Fsp3) is 0.429. The smallest absolute Gasteiger partial charge is 0.243 e. The molecule has 0 spiro atoms. The molecule has 2 heterocycles. The molecule has 1 aliphatic rings. The lowest BCUT2D eigenvalue weighted by Crippen LogP contribution is -2.38. The number of amides is 1. The monoisotopic (exact) mass is 293 g/mol. The van der Waals surface area contributed by atoms with Gasteiger partial charge in [0.1, 0.15) is 17.6 Å². The van der Waals surface area contributed by atoms with E-state index in [2.05, 4.69) is 10.3 Å². The largest absolute Gasteiger partial charge is 0.497 e. The van der Waals surface area contributed by atoms with Crippen LogP contribution in [0, 0.1) is 0 Å². The Morgan fingerprint density at radius 1 is 1.55 bits per heavy atom. The molecule has 1 unspecified atom stereocenters. The van der Waals surface area contributed by atoms with Crippen molar-refractivity contribution < 1.29 is 9.53 Å². The number of ether oxygens (including phenoxy) is 1. The van der Waals surface area contributed by atoms with Gasteiger partial charge in [-0.15, -0.1) is 11.6 Å². The molecule has 20 heavy (non-hydrogen) atoms. The first kappa shape index (κ1) is 13.2. The van der Waals surface area contributed by atoms with Gasteiger partial charge in [0.2, 0.25) is 5.91 Å². The van der Waals surface area contributed by atoms with Crippen LogP contribution in [0.25, 0.3) is 11.0 Å². The number of aromatic nitrogens is 2. The van der Waals surface area contributed by atoms with Crippen molar-refractivity contribution in [2.24, 2.45) is 0 Å². The zero-order valence-electron chi connectivity index (χ0n) is 11.2. The number of fused-ring (bicyclic) bond motifs is 1. The van der Waals surface area contributed by atoms with Crippen molar-refractivity contribution in [3.8, 4) is 5.75 Å². The molecule has 3 rings (SSSR count). The number of halogens is 1. The van der Waals surface area contributed by atoms with E-state index in [9.17, 15) is 4.79 Å². The van der Waals surface area contributed by atoms with E-state index in [1.807, 2.05) is 22.8 Å². The summed E-state index contributed by atoms with van der Waals surface area (Å²) >= 11 is 6.00. The molecular formula is C14H16ClN3O2. The van der Waals surface area contributed by atoms with Gasteiger partial charge < -0.3 is 14.6 Å². The number of imidazole rings is 1. The summed E-state index contributed by atoms with van der Waals surface area (Å²) < 4.78 is 7.20. The SMILES string of the molecule is COc1ccc2nc(CCl)n(C3CCCNC3=O)c2c1. The molecule has 106 valence electrons. The first-order valence-corrected chi connectivity index (χ1v) is 7.16. The van der Waals surface area contributed by atoms with E-state index < -0.39 is 0 Å². The first-order valence-electron chi connectivity index (χ1n) is 6.63. The molecule has 6 heteroatoms. The highest BCUT2D eigenvalue weighted by Crippen LogP contribution is 2.29. The molecule has 1 atom stereocenters. The average molecular weight is 294 g/mol. The molecule has 1 aromatic heterocycles. The van der Waals surface area contributed by atoms with Crippen LogP contribution in [-0.4, -0.2) is 29.1 Å². The van der Waals surface area contributed by atoms with Gasteiger partial charge in [0.25, 0.3) is 0 Å². The fourth-order valence-electron chi connectivity index (χ4n) is 2.69. The van der Waals surface area contributed by atoms with Gasteiger partial charge in [-0.1, -0.05) is 0 Å². The van der Waals surface area contributed by atoms with Gasteiger partial charge in [-0.25, -0.2) is 4.98 Å². The zero-order valence-corrected chi connectivity index (χ0v) is 12.0. The molecule has 0 bridgehead atoms. The minimum atomic E-state index is -0.241. The predicted molar refractivity (Wildman–Crippen MR) is 77.1 cm³/mol. The van der Waals surface area contributed by atoms with Crippen molar-refractivity contribution >= 4 is 28.5 Å². The highest BCUT2D eigenvalue weighted by molar-refractivity contribution is 6.17. The van der Waals surface area contributed by atoms with Gasteiger partial charge in [-0.2, -0.15) is 0 Å². The number of hydrogen-bond donors (Lipinski definition) is 1. The van der Waals surface area contributed by atoms with Crippen molar-refractivity contribution in [2.45, 2.75) is 24.8 Å². The van der Waals surface area contributed by atoms with Crippen LogP contribution in [0.2, 0.25) is 0 Å². The maximum Gasteiger partial charge on any atom is 0.243 e. The quantitative estimate of drug-likeness (QED) is 0.883. The third-order valence-electron chi connectivity index (χ3n) is 3.66. The van der Waals surface area contributed by atoms with Crippen LogP contribution in [0.3, 0.4) is 0 Å². The minimum absolute atomic E-state index is 0.0322. The van der Waals surface area contributed by atoms with Crippen LogP contribution in [0.15, 0.2) is 18.2 Å². The van der Waals surface area contributed by atoms with E-state index in [0.29, 0.717) is 0 Å². The molecule has 0 aliphatic carbocycles. The third-order valence-corrected chi connectivity index (χ3v) is 3.90. The molecular weight excluding hydrogens is 278 g/mol. The van der Waals surface area contributed by atoms with Crippen LogP contribution >= 0.6 is 11.6 Å². The van der Waals surface area contributed by atoms with E-state index in [0.717, 1.165) is 42.0 Å². The molecule has 5 nitrogen and oxygen atoms in total. The van der Waals surface area contributed by atoms with E-state index in [1.54, 1.807) is 7.11 Å². The summed E-state index contributed by atoms with van der Waals surface area (Å²) in [7, 11) is 1.62. The number of methoxy groups -OCH3 is 1. The van der Waals surface area contributed by atoms with E-state index in [1.165, 1.54) is 0 Å². The Morgan fingerprint density at radius 2 is 2.40 bits per heavy atom. The Bertz CT molecular complexity index is 653. The van der Waals surface area contributed by atoms with Crippen LogP contribution in [-0.2, 0) is 10.7 Å². The Balaban J connectivity index is 2.17. The highest BCUT2D eigenvalue weighted by Gasteiger charge is 2.27. The topological polar surface area (TPSA) is 56.1 Å². The Labute approximate surface area is 121 Å². The second kappa shape index (κ2) is 5.32. The number of carbonyl (C=O) groups is 1. The molecule has 2 aromatic rings. The summed E-state index contributed by atoms with van der Waals surface area (Å²) in [5, 5.41) is 2.90. The van der Waals surface area contributed by atoms with Gasteiger partial charge >= 0.3 is 0 Å². The fourth-order valence-corrected chi connectivity index (χ4v) is 2.88. The number of nitrogens with one attached hydrogen (secondary N) is 1. The lowest BCUT2D eigenvalue weighted by molar-refractivity contribution is -0.125. The minimum Gasteiger partial charge on any atom is -0.497 e. The van der Waals surface area contributed by atoms with Crippen LogP contribution < -0.4 is 10.1 Å². The second-order valence-corrected chi connectivity index (χ2v) is 5.10. The number of benzene rings is 1. The Hall–Kier alpha value is -1.75. The van der Waals surface area contributed by atoms with Gasteiger partial charge in [0.15, 0.2) is 0 Å². The number of rotatable bonds is 3. The highest BCUT2D eigenvalue weighted by atomic mass is 35.5. The second-order valence-electron chi connectivity index (χ2n) is 4.84. The Morgan fingerprint density at radius 3 is 3.10 bits per heavy atom. The lowest BCUT2D eigenvalue weighted by Gasteiger charge is -2.25. The van der Waals surface area contributed by atoms with Crippen molar-refractivity contribution in [1.82, 2.24) is 14.9 Å². The molecule has 0 radical (unpaired) electrons. The first-order chi connectivity index (χ1) is 9.74. The lowest BCUT2D eigenvalue weighted by atomic mass is 10.1. The summed E-state index contributed by atoms with van der Waals surface area (Å²) in [5.41, 5.74) is 1.72. The normalized spacial score (nSPS) is 19.1. The molecule has 0 saturated carbocycles. The molecule has 1 N–H and O–H groups in total. The summed E-state index contributed by atoms with van der Waals surface area (Å²) in [6.07, 6.45) is 1.76. The van der Waals surface area contributed by atoms with E-state index in [4.69, 9.17) is 16.3 Å². The molecule has 1 saturated heterocycles. The zero-order chi connectivity index (χ0) is 14.1. The van der Waals surface area contributed by atoms with Crippen molar-refractivity contribution in [3.63, 3.8) is 0 Å². The average Bonchev–Trinajstić information content (AvgIpc) is 2.85. The van der Waals surface area contributed by atoms with Crippen LogP contribution in [0.1, 0.15) is 24.7 Å². The molecule has 1 amide bonds. The van der Waals surface area contributed by atoms with E-state index in [-0.39, 0.29) is 17.8 Å². The summed E-state index contributed by atoms with van der Waals surface area (Å²) in [4.78, 5) is 16.6. The predicted octanol–water partition coefficient (Wildman–Crippen LogP) is 2.23. The maximum absolute atomic E-state index is 12.1. The third kappa shape index (κ3) is 2.12. The molecule has 1 aromatic carbocycles. The van der Waals surface area contributed by atoms with Crippen LogP contribution in [0.4, 0.5) is 0 Å². The maximum atomic E-state index is 12.1. The number of hydrogen-bond acceptors (Lipinski definition) is 3. The van der Waals surface area contributed by atoms with Crippen molar-refractivity contribution in [3.05, 3.63) is 24.0 Å². The Kier molecular flexibility index (Phi) is 3.53.